The number of nitrogens with one attached hydrogen (secondary N) is 1. The van der Waals surface area contributed by atoms with Gasteiger partial charge in [-0.3, -0.25) is 0 Å². The lowest BCUT2D eigenvalue weighted by Gasteiger charge is -1.95. The smallest absolute Gasteiger partial charge is 0.205 e. The van der Waals surface area contributed by atoms with Crippen molar-refractivity contribution in [1.82, 2.24) is 10.2 Å². The van der Waals surface area contributed by atoms with Gasteiger partial charge in [-0.05, 0) is 13.3 Å². The molecule has 11 heavy (non-hydrogen) atoms. The van der Waals surface area contributed by atoms with Crippen molar-refractivity contribution in [3.63, 3.8) is 0 Å². The van der Waals surface area contributed by atoms with E-state index in [1.165, 1.54) is 0 Å². The number of nitrogens with zero attached hydrogens (tertiary/aromatic N) is 2. The Morgan fingerprint density at radius 1 is 1.64 bits per heavy atom. The summed E-state index contributed by atoms with van der Waals surface area (Å²) in [7, 11) is 0. The van der Waals surface area contributed by atoms with Gasteiger partial charge in [-0.15, -0.1) is 10.2 Å². The first-order valence-electron chi connectivity index (χ1n) is 3.58. The quantitative estimate of drug-likeness (QED) is 0.672. The number of aromatic nitrogens is 2. The van der Waals surface area contributed by atoms with Gasteiger partial charge in [-0.1, -0.05) is 11.3 Å². The first-order chi connectivity index (χ1) is 5.25. The van der Waals surface area contributed by atoms with E-state index in [2.05, 4.69) is 15.5 Å². The van der Waals surface area contributed by atoms with Crippen LogP contribution in [0.4, 0.5) is 5.13 Å². The van der Waals surface area contributed by atoms with Crippen LogP contribution in [0, 0.1) is 6.92 Å². The van der Waals surface area contributed by atoms with Crippen molar-refractivity contribution in [3.8, 4) is 0 Å². The highest BCUT2D eigenvalue weighted by Crippen LogP contribution is 2.25. The molecule has 1 aliphatic carbocycles. The Morgan fingerprint density at radius 3 is 2.82 bits per heavy atom. The van der Waals surface area contributed by atoms with Crippen molar-refractivity contribution in [2.24, 2.45) is 5.73 Å². The number of nitrogens with two attached hydrogens (primary N) is 1. The van der Waals surface area contributed by atoms with Crippen LogP contribution in [-0.4, -0.2) is 22.3 Å². The average molecular weight is 170 g/mol. The molecule has 0 spiro atoms. The Balaban J connectivity index is 1.96. The van der Waals surface area contributed by atoms with E-state index in [1.807, 2.05) is 6.92 Å². The molecule has 1 aliphatic rings. The SMILES string of the molecule is Cc1nnc(NC2CC2N)s1. The van der Waals surface area contributed by atoms with Crippen molar-refractivity contribution in [2.75, 3.05) is 5.32 Å². The lowest BCUT2D eigenvalue weighted by atomic mass is 10.7. The summed E-state index contributed by atoms with van der Waals surface area (Å²) >= 11 is 1.57. The summed E-state index contributed by atoms with van der Waals surface area (Å²) < 4.78 is 0. The summed E-state index contributed by atoms with van der Waals surface area (Å²) in [6.07, 6.45) is 1.05. The highest BCUT2D eigenvalue weighted by atomic mass is 32.1. The molecule has 3 N–H and O–H groups in total. The van der Waals surface area contributed by atoms with E-state index >= 15 is 0 Å². The maximum atomic E-state index is 5.62. The Kier molecular flexibility index (Phi) is 1.54. The molecule has 2 rings (SSSR count). The summed E-state index contributed by atoms with van der Waals surface area (Å²) in [5.41, 5.74) is 5.62. The number of hydrogen-bond acceptors (Lipinski definition) is 5. The van der Waals surface area contributed by atoms with Gasteiger partial charge in [0.25, 0.3) is 0 Å². The third-order valence-electron chi connectivity index (χ3n) is 1.67. The van der Waals surface area contributed by atoms with Gasteiger partial charge in [0.15, 0.2) is 0 Å². The van der Waals surface area contributed by atoms with Crippen LogP contribution < -0.4 is 11.1 Å². The number of rotatable bonds is 2. The molecular weight excluding hydrogens is 160 g/mol. The van der Waals surface area contributed by atoms with Crippen LogP contribution in [-0.2, 0) is 0 Å². The third-order valence-corrected chi connectivity index (χ3v) is 2.44. The van der Waals surface area contributed by atoms with Crippen LogP contribution in [0.1, 0.15) is 11.4 Å². The molecule has 0 radical (unpaired) electrons. The van der Waals surface area contributed by atoms with Gasteiger partial charge in [0.1, 0.15) is 5.01 Å². The van der Waals surface area contributed by atoms with Crippen LogP contribution in [0.2, 0.25) is 0 Å². The largest absolute Gasteiger partial charge is 0.356 e. The monoisotopic (exact) mass is 170 g/mol. The zero-order valence-electron chi connectivity index (χ0n) is 6.24. The highest BCUT2D eigenvalue weighted by molar-refractivity contribution is 7.15. The van der Waals surface area contributed by atoms with Crippen LogP contribution in [0.3, 0.4) is 0 Å². The number of hydrogen-bond donors (Lipinski definition) is 2. The number of anilines is 1. The van der Waals surface area contributed by atoms with Crippen LogP contribution in [0.25, 0.3) is 0 Å². The molecule has 0 bridgehead atoms. The Labute approximate surface area is 68.8 Å². The molecular formula is C6H10N4S. The van der Waals surface area contributed by atoms with Crippen molar-refractivity contribution in [1.29, 1.82) is 0 Å². The molecule has 0 aliphatic heterocycles. The van der Waals surface area contributed by atoms with Gasteiger partial charge < -0.3 is 11.1 Å². The molecule has 2 unspecified atom stereocenters. The molecule has 1 fully saturated rings. The van der Waals surface area contributed by atoms with E-state index in [9.17, 15) is 0 Å². The van der Waals surface area contributed by atoms with Crippen molar-refractivity contribution in [3.05, 3.63) is 5.01 Å². The molecule has 4 nitrogen and oxygen atoms in total. The van der Waals surface area contributed by atoms with Crippen molar-refractivity contribution >= 4 is 16.5 Å². The minimum Gasteiger partial charge on any atom is -0.356 e. The van der Waals surface area contributed by atoms with E-state index < -0.39 is 0 Å². The van der Waals surface area contributed by atoms with Crippen LogP contribution in [0.5, 0.6) is 0 Å². The summed E-state index contributed by atoms with van der Waals surface area (Å²) in [6, 6.07) is 0.751. The second-order valence-corrected chi connectivity index (χ2v) is 3.96. The topological polar surface area (TPSA) is 63.8 Å². The van der Waals surface area contributed by atoms with Gasteiger partial charge >= 0.3 is 0 Å². The fourth-order valence-corrected chi connectivity index (χ4v) is 1.55. The Bertz CT molecular complexity index is 259. The van der Waals surface area contributed by atoms with Crippen LogP contribution in [0.15, 0.2) is 0 Å². The minimum absolute atomic E-state index is 0.319. The van der Waals surface area contributed by atoms with Gasteiger partial charge in [-0.2, -0.15) is 0 Å². The minimum atomic E-state index is 0.319. The standard InChI is InChI=1S/C6H10N4S/c1-3-9-10-6(11-3)8-5-2-4(5)7/h4-5H,2,7H2,1H3,(H,8,10). The first-order valence-corrected chi connectivity index (χ1v) is 4.39. The second kappa shape index (κ2) is 2.42. The number of aryl methyl sites for hydroxylation is 1. The fraction of sp³-hybridized carbons (Fsp3) is 0.667. The molecule has 0 aromatic carbocycles. The van der Waals surface area contributed by atoms with Crippen molar-refractivity contribution in [2.45, 2.75) is 25.4 Å². The summed E-state index contributed by atoms with van der Waals surface area (Å²) in [5, 5.41) is 12.9. The van der Waals surface area contributed by atoms with Gasteiger partial charge in [0, 0.05) is 12.1 Å². The molecule has 2 atom stereocenters. The highest BCUT2D eigenvalue weighted by Gasteiger charge is 2.33. The zero-order chi connectivity index (χ0) is 7.84. The van der Waals surface area contributed by atoms with Gasteiger partial charge in [0.05, 0.1) is 0 Å². The molecule has 0 saturated heterocycles. The lowest BCUT2D eigenvalue weighted by molar-refractivity contribution is 0.981. The molecule has 60 valence electrons. The van der Waals surface area contributed by atoms with Crippen molar-refractivity contribution < 1.29 is 0 Å². The molecule has 5 heteroatoms. The second-order valence-electron chi connectivity index (χ2n) is 2.78. The molecule has 1 aromatic rings. The third kappa shape index (κ3) is 1.49. The maximum absolute atomic E-state index is 5.62. The summed E-state index contributed by atoms with van der Waals surface area (Å²) in [6.45, 7) is 1.94. The molecule has 1 saturated carbocycles. The lowest BCUT2D eigenvalue weighted by Crippen LogP contribution is -2.12. The van der Waals surface area contributed by atoms with E-state index in [0.717, 1.165) is 16.6 Å². The molecule has 1 heterocycles. The van der Waals surface area contributed by atoms with Gasteiger partial charge in [0.2, 0.25) is 5.13 Å². The first kappa shape index (κ1) is 7.00. The van der Waals surface area contributed by atoms with E-state index in [1.54, 1.807) is 11.3 Å². The van der Waals surface area contributed by atoms with Gasteiger partial charge in [-0.25, -0.2) is 0 Å². The average Bonchev–Trinajstić information content (AvgIpc) is 2.42. The normalized spacial score (nSPS) is 28.5. The zero-order valence-corrected chi connectivity index (χ0v) is 7.06. The van der Waals surface area contributed by atoms with E-state index in [4.69, 9.17) is 5.73 Å². The van der Waals surface area contributed by atoms with E-state index in [-0.39, 0.29) is 0 Å². The van der Waals surface area contributed by atoms with E-state index in [0.29, 0.717) is 12.1 Å². The molecule has 0 amide bonds. The summed E-state index contributed by atoms with van der Waals surface area (Å²) in [5.74, 6) is 0. The summed E-state index contributed by atoms with van der Waals surface area (Å²) in [4.78, 5) is 0. The predicted molar refractivity (Wildman–Crippen MR) is 44.6 cm³/mol. The fourth-order valence-electron chi connectivity index (χ4n) is 0.894. The Morgan fingerprint density at radius 2 is 2.36 bits per heavy atom. The maximum Gasteiger partial charge on any atom is 0.205 e. The predicted octanol–water partition coefficient (Wildman–Crippen LogP) is 0.358. The van der Waals surface area contributed by atoms with Crippen LogP contribution >= 0.6 is 11.3 Å². The molecule has 1 aromatic heterocycles. The Hall–Kier alpha value is -0.680.